The highest BCUT2D eigenvalue weighted by Gasteiger charge is 2.09. The summed E-state index contributed by atoms with van der Waals surface area (Å²) in [5, 5.41) is 6.74. The molecule has 0 bridgehead atoms. The van der Waals surface area contributed by atoms with Gasteiger partial charge in [-0.05, 0) is 49.7 Å². The summed E-state index contributed by atoms with van der Waals surface area (Å²) in [6, 6.07) is 13.9. The quantitative estimate of drug-likeness (QED) is 0.210. The minimum absolute atomic E-state index is 0. The molecule has 1 aromatic heterocycles. The van der Waals surface area contributed by atoms with Gasteiger partial charge in [0.25, 0.3) is 0 Å². The molecule has 2 N–H and O–H groups in total. The number of hydrogen-bond acceptors (Lipinski definition) is 5. The molecule has 3 rings (SSSR count). The molecule has 1 aliphatic rings. The summed E-state index contributed by atoms with van der Waals surface area (Å²) in [5.41, 5.74) is 2.06. The van der Waals surface area contributed by atoms with E-state index in [1.165, 1.54) is 0 Å². The van der Waals surface area contributed by atoms with Crippen molar-refractivity contribution >= 4 is 29.9 Å². The second kappa shape index (κ2) is 15.0. The summed E-state index contributed by atoms with van der Waals surface area (Å²) in [6.45, 7) is 9.80. The van der Waals surface area contributed by atoms with Crippen molar-refractivity contribution in [3.05, 3.63) is 59.9 Å². The van der Waals surface area contributed by atoms with Gasteiger partial charge >= 0.3 is 0 Å². The standard InChI is InChI=1S/C23H33N5O2.HI/c1-2-24-23(26-12-5-13-28-14-16-29-17-15-28)27-18-20-7-9-22(10-8-20)30-19-21-6-3-4-11-25-21;/h3-4,6-11H,2,5,12-19H2,1H3,(H2,24,26,27);1H. The lowest BCUT2D eigenvalue weighted by Crippen LogP contribution is -2.40. The SMILES string of the molecule is CCNC(=NCc1ccc(OCc2ccccn2)cc1)NCCCN1CCOCC1.I. The van der Waals surface area contributed by atoms with Crippen LogP contribution in [0, 0.1) is 0 Å². The monoisotopic (exact) mass is 539 g/mol. The number of ether oxygens (including phenoxy) is 2. The molecule has 2 aromatic rings. The molecule has 8 heteroatoms. The van der Waals surface area contributed by atoms with Crippen LogP contribution >= 0.6 is 24.0 Å². The average Bonchev–Trinajstić information content (AvgIpc) is 2.81. The number of nitrogens with zero attached hydrogens (tertiary/aromatic N) is 3. The minimum Gasteiger partial charge on any atom is -0.487 e. The van der Waals surface area contributed by atoms with E-state index in [0.29, 0.717) is 13.2 Å². The van der Waals surface area contributed by atoms with Crippen molar-refractivity contribution in [3.63, 3.8) is 0 Å². The molecule has 1 aromatic carbocycles. The van der Waals surface area contributed by atoms with Crippen molar-refractivity contribution in [1.29, 1.82) is 0 Å². The Morgan fingerprint density at radius 3 is 2.65 bits per heavy atom. The summed E-state index contributed by atoms with van der Waals surface area (Å²) in [5.74, 6) is 1.69. The number of guanidine groups is 1. The van der Waals surface area contributed by atoms with Crippen LogP contribution in [0.4, 0.5) is 0 Å². The van der Waals surface area contributed by atoms with Gasteiger partial charge in [0.2, 0.25) is 0 Å². The van der Waals surface area contributed by atoms with E-state index >= 15 is 0 Å². The molecule has 2 heterocycles. The molecule has 1 fully saturated rings. The highest BCUT2D eigenvalue weighted by atomic mass is 127. The van der Waals surface area contributed by atoms with E-state index in [2.05, 4.69) is 39.6 Å². The van der Waals surface area contributed by atoms with Crippen molar-refractivity contribution in [2.45, 2.75) is 26.5 Å². The van der Waals surface area contributed by atoms with Gasteiger partial charge in [-0.1, -0.05) is 18.2 Å². The van der Waals surface area contributed by atoms with Crippen LogP contribution in [-0.4, -0.2) is 61.8 Å². The van der Waals surface area contributed by atoms with E-state index in [1.54, 1.807) is 6.20 Å². The van der Waals surface area contributed by atoms with Crippen LogP contribution in [0.25, 0.3) is 0 Å². The Kier molecular flexibility index (Phi) is 12.3. The van der Waals surface area contributed by atoms with E-state index in [4.69, 9.17) is 14.5 Å². The lowest BCUT2D eigenvalue weighted by Gasteiger charge is -2.26. The molecule has 170 valence electrons. The fraction of sp³-hybridized carbons (Fsp3) is 0.478. The zero-order valence-electron chi connectivity index (χ0n) is 18.3. The summed E-state index contributed by atoms with van der Waals surface area (Å²) in [7, 11) is 0. The van der Waals surface area contributed by atoms with Crippen LogP contribution in [0.2, 0.25) is 0 Å². The second-order valence-electron chi connectivity index (χ2n) is 7.18. The molecule has 0 saturated carbocycles. The maximum Gasteiger partial charge on any atom is 0.191 e. The Morgan fingerprint density at radius 2 is 1.94 bits per heavy atom. The summed E-state index contributed by atoms with van der Waals surface area (Å²) in [6.07, 6.45) is 2.87. The molecule has 1 aliphatic heterocycles. The van der Waals surface area contributed by atoms with Gasteiger partial charge in [-0.3, -0.25) is 9.88 Å². The normalized spacial score (nSPS) is 14.5. The molecular weight excluding hydrogens is 505 g/mol. The van der Waals surface area contributed by atoms with E-state index in [0.717, 1.165) is 75.3 Å². The summed E-state index contributed by atoms with van der Waals surface area (Å²) >= 11 is 0. The van der Waals surface area contributed by atoms with Crippen molar-refractivity contribution in [2.75, 3.05) is 45.9 Å². The van der Waals surface area contributed by atoms with E-state index in [-0.39, 0.29) is 24.0 Å². The fourth-order valence-electron chi connectivity index (χ4n) is 3.18. The predicted octanol–water partition coefficient (Wildman–Crippen LogP) is 3.06. The van der Waals surface area contributed by atoms with Gasteiger partial charge in [-0.25, -0.2) is 4.99 Å². The van der Waals surface area contributed by atoms with Crippen LogP contribution in [0.1, 0.15) is 24.6 Å². The molecule has 0 radical (unpaired) electrons. The number of halogens is 1. The van der Waals surface area contributed by atoms with Gasteiger partial charge in [-0.2, -0.15) is 0 Å². The molecular formula is C23H34IN5O2. The third-order valence-corrected chi connectivity index (χ3v) is 4.85. The van der Waals surface area contributed by atoms with Crippen LogP contribution in [0.5, 0.6) is 5.75 Å². The van der Waals surface area contributed by atoms with E-state index in [1.807, 2.05) is 30.3 Å². The first-order valence-corrected chi connectivity index (χ1v) is 10.8. The summed E-state index contributed by atoms with van der Waals surface area (Å²) in [4.78, 5) is 11.4. The molecule has 0 unspecified atom stereocenters. The number of benzene rings is 1. The van der Waals surface area contributed by atoms with Gasteiger partial charge < -0.3 is 20.1 Å². The molecule has 0 aliphatic carbocycles. The van der Waals surface area contributed by atoms with Crippen molar-refractivity contribution < 1.29 is 9.47 Å². The topological polar surface area (TPSA) is 71.0 Å². The molecule has 31 heavy (non-hydrogen) atoms. The number of hydrogen-bond donors (Lipinski definition) is 2. The highest BCUT2D eigenvalue weighted by Crippen LogP contribution is 2.14. The number of pyridine rings is 1. The number of morpholine rings is 1. The first-order valence-electron chi connectivity index (χ1n) is 10.8. The first kappa shape index (κ1) is 25.4. The Labute approximate surface area is 202 Å². The zero-order valence-corrected chi connectivity index (χ0v) is 20.6. The Hall–Kier alpha value is -1.91. The van der Waals surface area contributed by atoms with E-state index < -0.39 is 0 Å². The lowest BCUT2D eigenvalue weighted by molar-refractivity contribution is 0.0376. The van der Waals surface area contributed by atoms with Gasteiger partial charge in [-0.15, -0.1) is 24.0 Å². The molecule has 0 spiro atoms. The highest BCUT2D eigenvalue weighted by molar-refractivity contribution is 14.0. The Bertz CT molecular complexity index is 752. The zero-order chi connectivity index (χ0) is 20.9. The molecule has 1 saturated heterocycles. The van der Waals surface area contributed by atoms with E-state index in [9.17, 15) is 0 Å². The lowest BCUT2D eigenvalue weighted by atomic mass is 10.2. The van der Waals surface area contributed by atoms with Crippen LogP contribution < -0.4 is 15.4 Å². The van der Waals surface area contributed by atoms with Crippen molar-refractivity contribution in [3.8, 4) is 5.75 Å². The smallest absolute Gasteiger partial charge is 0.191 e. The van der Waals surface area contributed by atoms with Gasteiger partial charge in [0.15, 0.2) is 5.96 Å². The van der Waals surface area contributed by atoms with Crippen LogP contribution in [0.15, 0.2) is 53.7 Å². The Morgan fingerprint density at radius 1 is 1.13 bits per heavy atom. The maximum absolute atomic E-state index is 5.79. The molecule has 7 nitrogen and oxygen atoms in total. The third-order valence-electron chi connectivity index (χ3n) is 4.85. The third kappa shape index (κ3) is 9.84. The first-order chi connectivity index (χ1) is 14.8. The number of aromatic nitrogens is 1. The maximum atomic E-state index is 5.79. The predicted molar refractivity (Wildman–Crippen MR) is 135 cm³/mol. The second-order valence-corrected chi connectivity index (χ2v) is 7.18. The van der Waals surface area contributed by atoms with Crippen molar-refractivity contribution in [1.82, 2.24) is 20.5 Å². The molecule has 0 amide bonds. The number of rotatable bonds is 10. The van der Waals surface area contributed by atoms with Gasteiger partial charge in [0, 0.05) is 32.4 Å². The van der Waals surface area contributed by atoms with Crippen molar-refractivity contribution in [2.24, 2.45) is 4.99 Å². The van der Waals surface area contributed by atoms with Gasteiger partial charge in [0.1, 0.15) is 12.4 Å². The minimum atomic E-state index is 0. The Balaban J connectivity index is 0.00000341. The fourth-order valence-corrected chi connectivity index (χ4v) is 3.18. The largest absolute Gasteiger partial charge is 0.487 e. The molecule has 0 atom stereocenters. The number of nitrogens with one attached hydrogen (secondary N) is 2. The van der Waals surface area contributed by atoms with Crippen LogP contribution in [-0.2, 0) is 17.9 Å². The number of aliphatic imine (C=N–C) groups is 1. The average molecular weight is 539 g/mol. The van der Waals surface area contributed by atoms with Crippen LogP contribution in [0.3, 0.4) is 0 Å². The summed E-state index contributed by atoms with van der Waals surface area (Å²) < 4.78 is 11.2. The van der Waals surface area contributed by atoms with Gasteiger partial charge in [0.05, 0.1) is 25.5 Å².